The Labute approximate surface area is 115 Å². The van der Waals surface area contributed by atoms with Crippen LogP contribution in [0.15, 0.2) is 30.3 Å². The smallest absolute Gasteiger partial charge is 0.220 e. The number of amides is 1. The average Bonchev–Trinajstić information content (AvgIpc) is 2.44. The van der Waals surface area contributed by atoms with Crippen molar-refractivity contribution in [1.82, 2.24) is 5.32 Å². The zero-order valence-corrected chi connectivity index (χ0v) is 11.7. The van der Waals surface area contributed by atoms with E-state index in [0.717, 1.165) is 6.42 Å². The van der Waals surface area contributed by atoms with Gasteiger partial charge in [0.2, 0.25) is 5.91 Å². The third-order valence-electron chi connectivity index (χ3n) is 2.65. The Kier molecular flexibility index (Phi) is 7.86. The summed E-state index contributed by atoms with van der Waals surface area (Å²) in [6.07, 6.45) is 0.881. The molecule has 0 aliphatic rings. The van der Waals surface area contributed by atoms with Gasteiger partial charge in [-0.3, -0.25) is 4.79 Å². The van der Waals surface area contributed by atoms with Crippen LogP contribution in [0.2, 0.25) is 0 Å². The maximum atomic E-state index is 11.7. The summed E-state index contributed by atoms with van der Waals surface area (Å²) in [6, 6.07) is 9.98. The molecule has 1 rings (SSSR count). The minimum atomic E-state index is -0.351. The van der Waals surface area contributed by atoms with E-state index in [9.17, 15) is 4.79 Å². The summed E-state index contributed by atoms with van der Waals surface area (Å²) < 4.78 is 10.7. The highest BCUT2D eigenvalue weighted by Crippen LogP contribution is 2.02. The van der Waals surface area contributed by atoms with Gasteiger partial charge in [0.15, 0.2) is 6.29 Å². The average molecular weight is 265 g/mol. The van der Waals surface area contributed by atoms with E-state index in [4.69, 9.17) is 9.47 Å². The topological polar surface area (TPSA) is 47.6 Å². The highest BCUT2D eigenvalue weighted by atomic mass is 16.7. The van der Waals surface area contributed by atoms with Crippen LogP contribution in [0.4, 0.5) is 0 Å². The molecule has 1 N–H and O–H groups in total. The first kappa shape index (κ1) is 15.7. The van der Waals surface area contributed by atoms with Crippen molar-refractivity contribution in [3.63, 3.8) is 0 Å². The second-order valence-electron chi connectivity index (χ2n) is 4.13. The van der Waals surface area contributed by atoms with Gasteiger partial charge < -0.3 is 14.8 Å². The second kappa shape index (κ2) is 9.53. The van der Waals surface area contributed by atoms with Crippen LogP contribution in [-0.2, 0) is 20.7 Å². The molecular weight excluding hydrogens is 242 g/mol. The van der Waals surface area contributed by atoms with Crippen molar-refractivity contribution in [2.75, 3.05) is 19.8 Å². The summed E-state index contributed by atoms with van der Waals surface area (Å²) in [5, 5.41) is 2.83. The quantitative estimate of drug-likeness (QED) is 0.696. The third kappa shape index (κ3) is 6.94. The molecule has 4 heteroatoms. The third-order valence-corrected chi connectivity index (χ3v) is 2.65. The minimum Gasteiger partial charge on any atom is -0.351 e. The van der Waals surface area contributed by atoms with Gasteiger partial charge >= 0.3 is 0 Å². The van der Waals surface area contributed by atoms with Crippen LogP contribution in [0.25, 0.3) is 0 Å². The number of carbonyl (C=O) groups excluding carboxylic acids is 1. The maximum Gasteiger partial charge on any atom is 0.220 e. The number of nitrogens with one attached hydrogen (secondary N) is 1. The van der Waals surface area contributed by atoms with Crippen molar-refractivity contribution in [2.24, 2.45) is 0 Å². The van der Waals surface area contributed by atoms with Gasteiger partial charge in [0.25, 0.3) is 0 Å². The van der Waals surface area contributed by atoms with Crippen LogP contribution in [-0.4, -0.2) is 32.0 Å². The van der Waals surface area contributed by atoms with E-state index in [1.54, 1.807) is 0 Å². The molecule has 19 heavy (non-hydrogen) atoms. The number of hydrogen-bond acceptors (Lipinski definition) is 3. The van der Waals surface area contributed by atoms with Crippen LogP contribution < -0.4 is 5.32 Å². The molecule has 0 unspecified atom stereocenters. The van der Waals surface area contributed by atoms with E-state index in [1.807, 2.05) is 44.2 Å². The first-order chi connectivity index (χ1) is 9.26. The molecule has 0 atom stereocenters. The Bertz CT molecular complexity index is 348. The lowest BCUT2D eigenvalue weighted by Crippen LogP contribution is -2.35. The van der Waals surface area contributed by atoms with E-state index < -0.39 is 0 Å². The van der Waals surface area contributed by atoms with Crippen molar-refractivity contribution >= 4 is 5.91 Å². The molecule has 0 fully saturated rings. The Hall–Kier alpha value is -1.39. The van der Waals surface area contributed by atoms with Gasteiger partial charge in [0.05, 0.1) is 6.54 Å². The fourth-order valence-electron chi connectivity index (χ4n) is 1.73. The molecule has 0 bridgehead atoms. The summed E-state index contributed by atoms with van der Waals surface area (Å²) in [5.74, 6) is 0.0215. The van der Waals surface area contributed by atoms with Crippen molar-refractivity contribution < 1.29 is 14.3 Å². The monoisotopic (exact) mass is 265 g/mol. The molecule has 1 aromatic carbocycles. The zero-order valence-electron chi connectivity index (χ0n) is 11.7. The Morgan fingerprint density at radius 2 is 1.79 bits per heavy atom. The fraction of sp³-hybridized carbons (Fsp3) is 0.533. The van der Waals surface area contributed by atoms with E-state index in [1.165, 1.54) is 5.56 Å². The van der Waals surface area contributed by atoms with Crippen LogP contribution in [0.5, 0.6) is 0 Å². The first-order valence-corrected chi connectivity index (χ1v) is 6.80. The molecule has 0 saturated carbocycles. The van der Waals surface area contributed by atoms with Gasteiger partial charge in [0.1, 0.15) is 0 Å². The van der Waals surface area contributed by atoms with Crippen molar-refractivity contribution in [3.05, 3.63) is 35.9 Å². The standard InChI is InChI=1S/C15H23NO3/c1-3-18-15(19-4-2)12-16-14(17)11-10-13-8-6-5-7-9-13/h5-9,15H,3-4,10-12H2,1-2H3,(H,16,17). The van der Waals surface area contributed by atoms with Crippen molar-refractivity contribution in [1.29, 1.82) is 0 Å². The highest BCUT2D eigenvalue weighted by molar-refractivity contribution is 5.76. The molecule has 0 spiro atoms. The molecule has 0 aromatic heterocycles. The van der Waals surface area contributed by atoms with E-state index in [-0.39, 0.29) is 12.2 Å². The van der Waals surface area contributed by atoms with Crippen molar-refractivity contribution in [2.45, 2.75) is 33.0 Å². The highest BCUT2D eigenvalue weighted by Gasteiger charge is 2.09. The predicted octanol–water partition coefficient (Wildman–Crippen LogP) is 2.13. The van der Waals surface area contributed by atoms with Crippen LogP contribution in [0.3, 0.4) is 0 Å². The lowest BCUT2D eigenvalue weighted by molar-refractivity contribution is -0.140. The number of ether oxygens (including phenoxy) is 2. The summed E-state index contributed by atoms with van der Waals surface area (Å²) in [6.45, 7) is 5.36. The molecule has 106 valence electrons. The Morgan fingerprint density at radius 1 is 1.16 bits per heavy atom. The number of carbonyl (C=O) groups is 1. The zero-order chi connectivity index (χ0) is 13.9. The van der Waals surface area contributed by atoms with Crippen molar-refractivity contribution in [3.8, 4) is 0 Å². The predicted molar refractivity (Wildman–Crippen MR) is 74.8 cm³/mol. The van der Waals surface area contributed by atoms with Gasteiger partial charge in [-0.15, -0.1) is 0 Å². The lowest BCUT2D eigenvalue weighted by Gasteiger charge is -2.17. The molecule has 0 aliphatic heterocycles. The SMILES string of the molecule is CCOC(CNC(=O)CCc1ccccc1)OCC. The molecule has 4 nitrogen and oxygen atoms in total. The van der Waals surface area contributed by atoms with E-state index in [0.29, 0.717) is 26.2 Å². The van der Waals surface area contributed by atoms with Gasteiger partial charge in [-0.2, -0.15) is 0 Å². The molecule has 0 saturated heterocycles. The molecule has 1 amide bonds. The Balaban J connectivity index is 2.23. The summed E-state index contributed by atoms with van der Waals surface area (Å²) in [7, 11) is 0. The van der Waals surface area contributed by atoms with Gasteiger partial charge in [-0.05, 0) is 25.8 Å². The lowest BCUT2D eigenvalue weighted by atomic mass is 10.1. The summed E-state index contributed by atoms with van der Waals surface area (Å²) in [4.78, 5) is 11.7. The molecule has 0 radical (unpaired) electrons. The maximum absolute atomic E-state index is 11.7. The van der Waals surface area contributed by atoms with Gasteiger partial charge in [0, 0.05) is 19.6 Å². The molecular formula is C15H23NO3. The normalized spacial score (nSPS) is 10.7. The fourth-order valence-corrected chi connectivity index (χ4v) is 1.73. The van der Waals surface area contributed by atoms with Gasteiger partial charge in [-0.1, -0.05) is 30.3 Å². The molecule has 0 heterocycles. The number of aryl methyl sites for hydroxylation is 1. The van der Waals surface area contributed by atoms with Gasteiger partial charge in [-0.25, -0.2) is 0 Å². The number of hydrogen-bond donors (Lipinski definition) is 1. The summed E-state index contributed by atoms with van der Waals surface area (Å²) in [5.41, 5.74) is 1.17. The number of benzene rings is 1. The van der Waals surface area contributed by atoms with Crippen LogP contribution in [0, 0.1) is 0 Å². The first-order valence-electron chi connectivity index (χ1n) is 6.80. The second-order valence-corrected chi connectivity index (χ2v) is 4.13. The van der Waals surface area contributed by atoms with Crippen LogP contribution >= 0.6 is 0 Å². The van der Waals surface area contributed by atoms with E-state index >= 15 is 0 Å². The number of rotatable bonds is 9. The molecule has 1 aromatic rings. The Morgan fingerprint density at radius 3 is 2.37 bits per heavy atom. The van der Waals surface area contributed by atoms with Crippen LogP contribution in [0.1, 0.15) is 25.8 Å². The summed E-state index contributed by atoms with van der Waals surface area (Å²) >= 11 is 0. The van der Waals surface area contributed by atoms with E-state index in [2.05, 4.69) is 5.32 Å². The minimum absolute atomic E-state index is 0.0215. The largest absolute Gasteiger partial charge is 0.351 e. The molecule has 0 aliphatic carbocycles.